The molecule has 0 heterocycles. The van der Waals surface area contributed by atoms with Gasteiger partial charge in [-0.15, -0.1) is 11.8 Å². The molecular weight excluding hydrogens is 206 g/mol. The van der Waals surface area contributed by atoms with Crippen LogP contribution in [0.15, 0.2) is 41.4 Å². The fraction of sp³-hybridized carbons (Fsp3) is 0.250. The van der Waals surface area contributed by atoms with E-state index >= 15 is 0 Å². The molecule has 0 fully saturated rings. The molecule has 15 heavy (non-hydrogen) atoms. The monoisotopic (exact) mass is 221 g/mol. The minimum absolute atomic E-state index is 0.0497. The summed E-state index contributed by atoms with van der Waals surface area (Å²) in [5.74, 6) is 0.0497. The van der Waals surface area contributed by atoms with Crippen LogP contribution >= 0.6 is 11.8 Å². The van der Waals surface area contributed by atoms with E-state index in [9.17, 15) is 4.79 Å². The van der Waals surface area contributed by atoms with Gasteiger partial charge in [0.2, 0.25) is 0 Å². The number of carbonyl (C=O) groups is 1. The number of ketones is 1. The smallest absolute Gasteiger partial charge is 0.188 e. The Morgan fingerprint density at radius 1 is 1.33 bits per heavy atom. The summed E-state index contributed by atoms with van der Waals surface area (Å²) in [5, 5.41) is 0. The molecule has 80 valence electrons. The summed E-state index contributed by atoms with van der Waals surface area (Å²) in [6.45, 7) is 0. The molecule has 0 aliphatic carbocycles. The standard InChI is InChI=1S/C12H15NOS/c1-13(2)9-8-11(14)10-6-4-5-7-12(10)15-3/h4-9H,1-3H3/b9-8+. The first kappa shape index (κ1) is 11.9. The summed E-state index contributed by atoms with van der Waals surface area (Å²) in [6.07, 6.45) is 5.33. The fourth-order valence-corrected chi connectivity index (χ4v) is 1.76. The molecule has 3 heteroatoms. The average molecular weight is 221 g/mol. The van der Waals surface area contributed by atoms with Crippen molar-refractivity contribution in [3.05, 3.63) is 42.1 Å². The van der Waals surface area contributed by atoms with Gasteiger partial charge in [-0.25, -0.2) is 0 Å². The van der Waals surface area contributed by atoms with Gasteiger partial charge in [0.1, 0.15) is 0 Å². The molecule has 0 atom stereocenters. The molecule has 1 rings (SSSR count). The Morgan fingerprint density at radius 2 is 2.00 bits per heavy atom. The molecule has 0 saturated heterocycles. The van der Waals surface area contributed by atoms with E-state index in [4.69, 9.17) is 0 Å². The molecule has 0 saturated carbocycles. The molecule has 0 radical (unpaired) electrons. The van der Waals surface area contributed by atoms with Crippen LogP contribution in [0.2, 0.25) is 0 Å². The number of rotatable bonds is 4. The molecule has 0 aromatic heterocycles. The zero-order valence-corrected chi connectivity index (χ0v) is 10.0. The highest BCUT2D eigenvalue weighted by Crippen LogP contribution is 2.20. The number of hydrogen-bond acceptors (Lipinski definition) is 3. The van der Waals surface area contributed by atoms with E-state index in [1.165, 1.54) is 0 Å². The number of hydrogen-bond donors (Lipinski definition) is 0. The summed E-state index contributed by atoms with van der Waals surface area (Å²) in [6, 6.07) is 7.64. The molecule has 0 amide bonds. The lowest BCUT2D eigenvalue weighted by Gasteiger charge is -2.05. The van der Waals surface area contributed by atoms with Gasteiger partial charge in [-0.05, 0) is 18.4 Å². The number of thioether (sulfide) groups is 1. The number of carbonyl (C=O) groups excluding carboxylic acids is 1. The number of allylic oxidation sites excluding steroid dienone is 1. The van der Waals surface area contributed by atoms with Gasteiger partial charge in [-0.1, -0.05) is 12.1 Å². The topological polar surface area (TPSA) is 20.3 Å². The zero-order chi connectivity index (χ0) is 11.3. The molecule has 0 spiro atoms. The third kappa shape index (κ3) is 3.44. The summed E-state index contributed by atoms with van der Waals surface area (Å²) >= 11 is 1.59. The zero-order valence-electron chi connectivity index (χ0n) is 9.23. The summed E-state index contributed by atoms with van der Waals surface area (Å²) < 4.78 is 0. The Labute approximate surface area is 95.0 Å². The molecule has 0 N–H and O–H groups in total. The second kappa shape index (κ2) is 5.61. The molecule has 1 aromatic rings. The molecule has 1 aromatic carbocycles. The van der Waals surface area contributed by atoms with Crippen molar-refractivity contribution in [3.63, 3.8) is 0 Å². The predicted molar refractivity (Wildman–Crippen MR) is 65.4 cm³/mol. The van der Waals surface area contributed by atoms with E-state index in [0.29, 0.717) is 0 Å². The largest absolute Gasteiger partial charge is 0.383 e. The lowest BCUT2D eigenvalue weighted by atomic mass is 10.1. The SMILES string of the molecule is CSc1ccccc1C(=O)/C=C/N(C)C. The van der Waals surface area contributed by atoms with Crippen molar-refractivity contribution in [2.45, 2.75) is 4.90 Å². The van der Waals surface area contributed by atoms with Crippen LogP contribution in [0.5, 0.6) is 0 Å². The predicted octanol–water partition coefficient (Wildman–Crippen LogP) is 2.67. The highest BCUT2D eigenvalue weighted by Gasteiger charge is 2.06. The minimum Gasteiger partial charge on any atom is -0.383 e. The van der Waals surface area contributed by atoms with E-state index in [1.54, 1.807) is 24.0 Å². The van der Waals surface area contributed by atoms with Gasteiger partial charge in [-0.2, -0.15) is 0 Å². The van der Waals surface area contributed by atoms with Crippen molar-refractivity contribution in [2.75, 3.05) is 20.4 Å². The third-order valence-corrected chi connectivity index (χ3v) is 2.69. The van der Waals surface area contributed by atoms with Crippen molar-refractivity contribution < 1.29 is 4.79 Å². The first-order valence-corrected chi connectivity index (χ1v) is 5.89. The highest BCUT2D eigenvalue weighted by atomic mass is 32.2. The van der Waals surface area contributed by atoms with Crippen molar-refractivity contribution in [2.24, 2.45) is 0 Å². The van der Waals surface area contributed by atoms with Gasteiger partial charge < -0.3 is 4.90 Å². The van der Waals surface area contributed by atoms with E-state index in [0.717, 1.165) is 10.5 Å². The fourth-order valence-electron chi connectivity index (χ4n) is 1.15. The van der Waals surface area contributed by atoms with Crippen molar-refractivity contribution in [1.82, 2.24) is 4.90 Å². The van der Waals surface area contributed by atoms with E-state index in [-0.39, 0.29) is 5.78 Å². The number of benzene rings is 1. The Kier molecular flexibility index (Phi) is 4.43. The summed E-state index contributed by atoms with van der Waals surface area (Å²) in [4.78, 5) is 14.7. The van der Waals surface area contributed by atoms with Gasteiger partial charge in [0.25, 0.3) is 0 Å². The van der Waals surface area contributed by atoms with Gasteiger partial charge >= 0.3 is 0 Å². The van der Waals surface area contributed by atoms with Crippen LogP contribution in [0.25, 0.3) is 0 Å². The van der Waals surface area contributed by atoms with Gasteiger partial charge in [0.05, 0.1) is 0 Å². The number of nitrogens with zero attached hydrogens (tertiary/aromatic N) is 1. The van der Waals surface area contributed by atoms with Crippen molar-refractivity contribution >= 4 is 17.5 Å². The molecule has 0 unspecified atom stereocenters. The molecule has 2 nitrogen and oxygen atoms in total. The van der Waals surface area contributed by atoms with Crippen LogP contribution in [-0.2, 0) is 0 Å². The molecular formula is C12H15NOS. The lowest BCUT2D eigenvalue weighted by Crippen LogP contribution is -2.03. The summed E-state index contributed by atoms with van der Waals surface area (Å²) in [7, 11) is 3.79. The van der Waals surface area contributed by atoms with E-state index < -0.39 is 0 Å². The first-order valence-electron chi connectivity index (χ1n) is 4.67. The Bertz CT molecular complexity index is 372. The first-order chi connectivity index (χ1) is 7.15. The minimum atomic E-state index is 0.0497. The summed E-state index contributed by atoms with van der Waals surface area (Å²) in [5.41, 5.74) is 0.767. The van der Waals surface area contributed by atoms with Crippen LogP contribution in [0.4, 0.5) is 0 Å². The third-order valence-electron chi connectivity index (χ3n) is 1.90. The quantitative estimate of drug-likeness (QED) is 0.443. The van der Waals surface area contributed by atoms with Crippen LogP contribution in [0.1, 0.15) is 10.4 Å². The normalized spacial score (nSPS) is 10.6. The highest BCUT2D eigenvalue weighted by molar-refractivity contribution is 7.98. The van der Waals surface area contributed by atoms with E-state index in [1.807, 2.05) is 49.5 Å². The van der Waals surface area contributed by atoms with Crippen LogP contribution in [0.3, 0.4) is 0 Å². The van der Waals surface area contributed by atoms with Gasteiger partial charge in [-0.3, -0.25) is 4.79 Å². The Hall–Kier alpha value is -1.22. The van der Waals surface area contributed by atoms with Crippen LogP contribution < -0.4 is 0 Å². The molecule has 0 aliphatic heterocycles. The maximum Gasteiger partial charge on any atom is 0.188 e. The van der Waals surface area contributed by atoms with Gasteiger partial charge in [0.15, 0.2) is 5.78 Å². The molecule has 0 aliphatic rings. The average Bonchev–Trinajstić information content (AvgIpc) is 2.25. The van der Waals surface area contributed by atoms with Crippen molar-refractivity contribution in [1.29, 1.82) is 0 Å². The second-order valence-corrected chi connectivity index (χ2v) is 4.19. The molecule has 0 bridgehead atoms. The maximum atomic E-state index is 11.8. The van der Waals surface area contributed by atoms with Gasteiger partial charge in [0, 0.05) is 36.8 Å². The van der Waals surface area contributed by atoms with E-state index in [2.05, 4.69) is 0 Å². The Morgan fingerprint density at radius 3 is 2.60 bits per heavy atom. The Balaban J connectivity index is 2.91. The van der Waals surface area contributed by atoms with Crippen LogP contribution in [0, 0.1) is 0 Å². The van der Waals surface area contributed by atoms with Crippen LogP contribution in [-0.4, -0.2) is 31.0 Å². The second-order valence-electron chi connectivity index (χ2n) is 3.34. The lowest BCUT2D eigenvalue weighted by molar-refractivity contribution is 0.104. The maximum absolute atomic E-state index is 11.8. The van der Waals surface area contributed by atoms with Crippen molar-refractivity contribution in [3.8, 4) is 0 Å².